The Kier molecular flexibility index (Phi) is 6.73. The van der Waals surface area contributed by atoms with Crippen LogP contribution in [-0.2, 0) is 10.9 Å². The maximum Gasteiger partial charge on any atom is 0.596 e. The molecule has 1 aliphatic heterocycles. The van der Waals surface area contributed by atoms with Crippen LogP contribution in [0.1, 0.15) is 43.6 Å². The van der Waals surface area contributed by atoms with Crippen molar-refractivity contribution in [1.82, 2.24) is 4.90 Å². The molecule has 2 rings (SSSR count). The number of benzene rings is 1. The maximum absolute atomic E-state index is 12.9. The van der Waals surface area contributed by atoms with Gasteiger partial charge in [-0.1, -0.05) is 34.1 Å². The van der Waals surface area contributed by atoms with E-state index < -0.39 is 17.3 Å². The van der Waals surface area contributed by atoms with Crippen molar-refractivity contribution in [2.45, 2.75) is 44.3 Å². The Morgan fingerprint density at radius 3 is 2.56 bits per heavy atom. The van der Waals surface area contributed by atoms with Gasteiger partial charge in [0.1, 0.15) is 5.60 Å². The van der Waals surface area contributed by atoms with Gasteiger partial charge in [0.25, 0.3) is 0 Å². The molecule has 0 N–H and O–H groups in total. The molecule has 0 saturated carbocycles. The third kappa shape index (κ3) is 6.31. The van der Waals surface area contributed by atoms with Crippen LogP contribution in [-0.4, -0.2) is 53.1 Å². The lowest BCUT2D eigenvalue weighted by Gasteiger charge is -2.27. The summed E-state index contributed by atoms with van der Waals surface area (Å²) in [6.07, 6.45) is -4.72. The molecule has 1 unspecified atom stereocenters. The Morgan fingerprint density at radius 2 is 2.00 bits per heavy atom. The third-order valence-corrected chi connectivity index (χ3v) is 4.98. The number of halogens is 4. The van der Waals surface area contributed by atoms with E-state index in [4.69, 9.17) is 4.74 Å². The zero-order chi connectivity index (χ0) is 20.4. The Balaban J connectivity index is 2.03. The van der Waals surface area contributed by atoms with Crippen LogP contribution in [0.5, 0.6) is 0 Å². The van der Waals surface area contributed by atoms with Crippen molar-refractivity contribution >= 4 is 27.7 Å². The van der Waals surface area contributed by atoms with Crippen LogP contribution in [0.3, 0.4) is 0 Å². The van der Waals surface area contributed by atoms with Crippen LogP contribution >= 0.6 is 15.9 Å². The Hall–Kier alpha value is -1.41. The monoisotopic (exact) mass is 449 g/mol. The van der Waals surface area contributed by atoms with Crippen LogP contribution < -0.4 is 0 Å². The summed E-state index contributed by atoms with van der Waals surface area (Å²) < 4.78 is 45.7. The molecule has 1 atom stereocenters. The number of amides is 1. The maximum atomic E-state index is 12.9. The smallest absolute Gasteiger partial charge is 0.406 e. The number of nitrogens with zero attached hydrogens (tertiary/aromatic N) is 2. The van der Waals surface area contributed by atoms with E-state index in [-0.39, 0.29) is 10.9 Å². The molecule has 1 aliphatic rings. The molecule has 1 amide bonds. The summed E-state index contributed by atoms with van der Waals surface area (Å²) in [5.74, 6) is 0. The lowest BCUT2D eigenvalue weighted by atomic mass is 10.1. The van der Waals surface area contributed by atoms with Crippen molar-refractivity contribution in [2.75, 3.05) is 26.2 Å². The minimum Gasteiger partial charge on any atom is -0.406 e. The highest BCUT2D eigenvalue weighted by molar-refractivity contribution is 9.09. The number of carbonyl (C=O) groups is 1. The SMILES string of the molecule is CC1=[N+](C(=O)OC(C)(C)C)CCN(CC(Br)c2cccc(C(F)(F)F)c2)C1. The van der Waals surface area contributed by atoms with Crippen molar-refractivity contribution in [2.24, 2.45) is 0 Å². The molecule has 27 heavy (non-hydrogen) atoms. The van der Waals surface area contributed by atoms with Crippen LogP contribution in [0.4, 0.5) is 18.0 Å². The van der Waals surface area contributed by atoms with Crippen molar-refractivity contribution in [3.8, 4) is 0 Å². The number of rotatable bonds is 3. The standard InChI is InChI=1S/C19H25BrF3N2O2/c1-13-11-24(8-9-25(13)17(26)27-18(2,3)4)12-16(20)14-6-5-7-15(10-14)19(21,22)23/h5-7,10,16H,8-9,11-12H2,1-4H3/q+1. The van der Waals surface area contributed by atoms with Gasteiger partial charge in [-0.3, -0.25) is 4.90 Å². The molecule has 1 aromatic carbocycles. The van der Waals surface area contributed by atoms with E-state index >= 15 is 0 Å². The van der Waals surface area contributed by atoms with Crippen molar-refractivity contribution < 1.29 is 27.3 Å². The molecular weight excluding hydrogens is 425 g/mol. The summed E-state index contributed by atoms with van der Waals surface area (Å²) in [6, 6.07) is 5.35. The van der Waals surface area contributed by atoms with E-state index in [0.29, 0.717) is 31.7 Å². The number of alkyl halides is 4. The molecule has 8 heteroatoms. The quantitative estimate of drug-likeness (QED) is 0.487. The van der Waals surface area contributed by atoms with Gasteiger partial charge in [-0.25, -0.2) is 0 Å². The van der Waals surface area contributed by atoms with E-state index in [1.54, 1.807) is 10.6 Å². The van der Waals surface area contributed by atoms with Gasteiger partial charge < -0.3 is 4.74 Å². The van der Waals surface area contributed by atoms with Gasteiger partial charge in [-0.2, -0.15) is 18.0 Å². The minimum absolute atomic E-state index is 0.235. The molecule has 0 radical (unpaired) electrons. The van der Waals surface area contributed by atoms with Gasteiger partial charge in [-0.05, 0) is 32.4 Å². The Morgan fingerprint density at radius 1 is 1.33 bits per heavy atom. The highest BCUT2D eigenvalue weighted by atomic mass is 79.9. The number of hydrogen-bond acceptors (Lipinski definition) is 3. The highest BCUT2D eigenvalue weighted by Crippen LogP contribution is 2.33. The van der Waals surface area contributed by atoms with E-state index in [0.717, 1.165) is 11.8 Å². The summed E-state index contributed by atoms with van der Waals surface area (Å²) >= 11 is 3.50. The first-order chi connectivity index (χ1) is 12.4. The van der Waals surface area contributed by atoms with Crippen molar-refractivity contribution in [3.05, 3.63) is 35.4 Å². The molecule has 150 valence electrons. The first kappa shape index (κ1) is 21.9. The molecule has 1 aromatic rings. The van der Waals surface area contributed by atoms with E-state index in [2.05, 4.69) is 20.8 Å². The van der Waals surface area contributed by atoms with Gasteiger partial charge in [0, 0.05) is 13.5 Å². The summed E-state index contributed by atoms with van der Waals surface area (Å²) in [7, 11) is 0. The molecule has 0 bridgehead atoms. The van der Waals surface area contributed by atoms with Gasteiger partial charge in [0.2, 0.25) is 0 Å². The van der Waals surface area contributed by atoms with Gasteiger partial charge in [0.05, 0.1) is 23.5 Å². The molecule has 0 fully saturated rings. The predicted molar refractivity (Wildman–Crippen MR) is 102 cm³/mol. The zero-order valence-corrected chi connectivity index (χ0v) is 17.5. The van der Waals surface area contributed by atoms with Crippen LogP contribution in [0.25, 0.3) is 0 Å². The lowest BCUT2D eigenvalue weighted by Crippen LogP contribution is -2.47. The Bertz CT molecular complexity index is 726. The number of hydrogen-bond donors (Lipinski definition) is 0. The topological polar surface area (TPSA) is 32.5 Å². The average molecular weight is 450 g/mol. The van der Waals surface area contributed by atoms with Gasteiger partial charge in [-0.15, -0.1) is 4.58 Å². The molecule has 0 spiro atoms. The molecule has 0 saturated heterocycles. The van der Waals surface area contributed by atoms with Crippen LogP contribution in [0.15, 0.2) is 24.3 Å². The fraction of sp³-hybridized carbons (Fsp3) is 0.579. The second-order valence-electron chi connectivity index (χ2n) is 7.69. The lowest BCUT2D eigenvalue weighted by molar-refractivity contribution is -0.458. The third-order valence-electron chi connectivity index (χ3n) is 4.16. The second-order valence-corrected chi connectivity index (χ2v) is 8.80. The van der Waals surface area contributed by atoms with Crippen LogP contribution in [0.2, 0.25) is 0 Å². The average Bonchev–Trinajstić information content (AvgIpc) is 2.52. The summed E-state index contributed by atoms with van der Waals surface area (Å²) in [6.45, 7) is 9.54. The fourth-order valence-electron chi connectivity index (χ4n) is 2.88. The fourth-order valence-corrected chi connectivity index (χ4v) is 3.58. The van der Waals surface area contributed by atoms with Crippen molar-refractivity contribution in [3.63, 3.8) is 0 Å². The summed E-state index contributed by atoms with van der Waals surface area (Å²) in [5.41, 5.74) is 0.233. The van der Waals surface area contributed by atoms with Gasteiger partial charge >= 0.3 is 12.3 Å². The van der Waals surface area contributed by atoms with E-state index in [9.17, 15) is 18.0 Å². The predicted octanol–water partition coefficient (Wildman–Crippen LogP) is 4.87. The van der Waals surface area contributed by atoms with Gasteiger partial charge in [0.15, 0.2) is 12.3 Å². The largest absolute Gasteiger partial charge is 0.596 e. The minimum atomic E-state index is -4.36. The van der Waals surface area contributed by atoms with Crippen LogP contribution in [0, 0.1) is 0 Å². The van der Waals surface area contributed by atoms with Crippen molar-refractivity contribution in [1.29, 1.82) is 0 Å². The summed E-state index contributed by atoms with van der Waals surface area (Å²) in [4.78, 5) is 14.1. The highest BCUT2D eigenvalue weighted by Gasteiger charge is 2.34. The second kappa shape index (κ2) is 8.31. The normalized spacial score (nSPS) is 17.8. The zero-order valence-electron chi connectivity index (χ0n) is 15.9. The van der Waals surface area contributed by atoms with E-state index in [1.807, 2.05) is 27.7 Å². The molecule has 0 aromatic heterocycles. The van der Waals surface area contributed by atoms with E-state index in [1.165, 1.54) is 12.1 Å². The molecule has 1 heterocycles. The molecular formula is C19H25BrF3N2O2+. The summed E-state index contributed by atoms with van der Waals surface area (Å²) in [5, 5.41) is 0. The number of carbonyl (C=O) groups excluding carboxylic acids is 1. The molecule has 0 aliphatic carbocycles. The Labute approximate surface area is 166 Å². The number of ether oxygens (including phenoxy) is 1. The molecule has 4 nitrogen and oxygen atoms in total. The first-order valence-electron chi connectivity index (χ1n) is 8.73. The first-order valence-corrected chi connectivity index (χ1v) is 9.65.